The number of anilines is 1. The van der Waals surface area contributed by atoms with Crippen molar-refractivity contribution >= 4 is 33.8 Å². The Morgan fingerprint density at radius 3 is 2.52 bits per heavy atom. The summed E-state index contributed by atoms with van der Waals surface area (Å²) in [6.07, 6.45) is 0. The van der Waals surface area contributed by atoms with Gasteiger partial charge in [-0.1, -0.05) is 35.9 Å². The van der Waals surface area contributed by atoms with Crippen LogP contribution < -0.4 is 10.0 Å². The Kier molecular flexibility index (Phi) is 5.96. The number of benzene rings is 2. The lowest BCUT2D eigenvalue weighted by Crippen LogP contribution is -2.21. The highest BCUT2D eigenvalue weighted by molar-refractivity contribution is 7.89. The molecule has 0 saturated heterocycles. The maximum Gasteiger partial charge on any atom is 0.244 e. The van der Waals surface area contributed by atoms with Crippen LogP contribution in [0, 0.1) is 18.6 Å². The number of H-pyrrole nitrogens is 1. The molecule has 0 saturated carbocycles. The fraction of sp³-hybridized carbons (Fsp3) is 0.211. The van der Waals surface area contributed by atoms with E-state index in [-0.39, 0.29) is 17.3 Å². The summed E-state index contributed by atoms with van der Waals surface area (Å²) in [4.78, 5) is 12.7. The molecule has 0 unspecified atom stereocenters. The fourth-order valence-electron chi connectivity index (χ4n) is 2.81. The highest BCUT2D eigenvalue weighted by Crippen LogP contribution is 2.21. The van der Waals surface area contributed by atoms with E-state index in [1.165, 1.54) is 13.1 Å². The Morgan fingerprint density at radius 1 is 1.17 bits per heavy atom. The molecule has 152 valence electrons. The summed E-state index contributed by atoms with van der Waals surface area (Å²) in [7, 11) is -2.29. The van der Waals surface area contributed by atoms with Crippen molar-refractivity contribution in [1.82, 2.24) is 19.5 Å². The van der Waals surface area contributed by atoms with Crippen LogP contribution in [0.15, 0.2) is 47.4 Å². The van der Waals surface area contributed by atoms with Crippen LogP contribution in [-0.2, 0) is 21.4 Å². The Hall–Kier alpha value is -2.82. The second kappa shape index (κ2) is 8.27. The van der Waals surface area contributed by atoms with Crippen molar-refractivity contribution in [3.63, 3.8) is 0 Å². The van der Waals surface area contributed by atoms with E-state index in [1.54, 1.807) is 23.6 Å². The molecule has 1 heterocycles. The molecule has 3 N–H and O–H groups in total. The fourth-order valence-corrected chi connectivity index (χ4v) is 4.00. The van der Waals surface area contributed by atoms with E-state index < -0.39 is 10.0 Å². The molecule has 29 heavy (non-hydrogen) atoms. The van der Waals surface area contributed by atoms with Crippen LogP contribution >= 0.6 is 12.2 Å². The van der Waals surface area contributed by atoms with E-state index in [9.17, 15) is 13.2 Å². The van der Waals surface area contributed by atoms with Crippen molar-refractivity contribution in [2.24, 2.45) is 0 Å². The lowest BCUT2D eigenvalue weighted by Gasteiger charge is -2.11. The molecule has 0 radical (unpaired) electrons. The summed E-state index contributed by atoms with van der Waals surface area (Å²) in [6, 6.07) is 12.4. The molecule has 2 aromatic carbocycles. The average Bonchev–Trinajstić information content (AvgIpc) is 3.04. The normalized spacial score (nSPS) is 11.4. The molecular weight excluding hydrogens is 410 g/mol. The zero-order valence-electron chi connectivity index (χ0n) is 16.2. The number of amides is 1. The maximum absolute atomic E-state index is 12.6. The van der Waals surface area contributed by atoms with Gasteiger partial charge in [-0.2, -0.15) is 5.10 Å². The van der Waals surface area contributed by atoms with E-state index in [2.05, 4.69) is 20.2 Å². The second-order valence-corrected chi connectivity index (χ2v) is 8.78. The van der Waals surface area contributed by atoms with Crippen LogP contribution in [0.25, 0.3) is 11.4 Å². The number of hydrogen-bond acceptors (Lipinski definition) is 5. The molecule has 1 aromatic heterocycles. The lowest BCUT2D eigenvalue weighted by molar-refractivity contribution is -0.116. The van der Waals surface area contributed by atoms with Gasteiger partial charge in [0.1, 0.15) is 6.54 Å². The molecule has 0 aliphatic rings. The highest BCUT2D eigenvalue weighted by atomic mass is 32.2. The largest absolute Gasteiger partial charge is 0.324 e. The van der Waals surface area contributed by atoms with Gasteiger partial charge in [0.25, 0.3) is 0 Å². The average molecular weight is 432 g/mol. The molecule has 3 aromatic rings. The third-order valence-electron chi connectivity index (χ3n) is 4.40. The Bertz CT molecular complexity index is 1210. The number of nitrogens with zero attached hydrogens (tertiary/aromatic N) is 2. The van der Waals surface area contributed by atoms with Crippen molar-refractivity contribution in [2.45, 2.75) is 25.3 Å². The first-order valence-electron chi connectivity index (χ1n) is 8.77. The number of aryl methyl sites for hydroxylation is 2. The number of carbonyl (C=O) groups is 1. The summed E-state index contributed by atoms with van der Waals surface area (Å²) in [5.74, 6) is 0.194. The van der Waals surface area contributed by atoms with Crippen LogP contribution in [0.3, 0.4) is 0 Å². The standard InChI is InChI=1S/C19H21N5O3S2/c1-12-4-7-14(8-5-12)18-22-23-19(28)24(18)11-17(25)21-15-9-6-13(2)16(10-15)29(26,27)20-3/h4-10,20H,11H2,1-3H3,(H,21,25)(H,23,28). The van der Waals surface area contributed by atoms with Gasteiger partial charge in [0.05, 0.1) is 4.90 Å². The summed E-state index contributed by atoms with van der Waals surface area (Å²) >= 11 is 5.26. The number of sulfonamides is 1. The molecule has 0 aliphatic carbocycles. The zero-order valence-corrected chi connectivity index (χ0v) is 17.8. The SMILES string of the molecule is CNS(=O)(=O)c1cc(NC(=O)Cn2c(-c3ccc(C)cc3)n[nH]c2=S)ccc1C. The topological polar surface area (TPSA) is 109 Å². The minimum atomic E-state index is -3.63. The molecule has 0 fully saturated rings. The van der Waals surface area contributed by atoms with Gasteiger partial charge in [-0.3, -0.25) is 14.5 Å². The number of aromatic nitrogens is 3. The number of aromatic amines is 1. The van der Waals surface area contributed by atoms with Crippen LogP contribution in [0.2, 0.25) is 0 Å². The second-order valence-electron chi connectivity index (χ2n) is 6.54. The van der Waals surface area contributed by atoms with E-state index in [0.717, 1.165) is 11.1 Å². The van der Waals surface area contributed by atoms with Crippen LogP contribution in [0.5, 0.6) is 0 Å². The summed E-state index contributed by atoms with van der Waals surface area (Å²) in [5.41, 5.74) is 2.89. The monoisotopic (exact) mass is 431 g/mol. The van der Waals surface area contributed by atoms with Gasteiger partial charge in [0, 0.05) is 11.3 Å². The minimum absolute atomic E-state index is 0.0689. The van der Waals surface area contributed by atoms with Crippen molar-refractivity contribution in [2.75, 3.05) is 12.4 Å². The number of hydrogen-bond donors (Lipinski definition) is 3. The zero-order chi connectivity index (χ0) is 21.2. The third kappa shape index (κ3) is 4.61. The molecule has 8 nitrogen and oxygen atoms in total. The van der Waals surface area contributed by atoms with Crippen molar-refractivity contribution in [1.29, 1.82) is 0 Å². The van der Waals surface area contributed by atoms with E-state index in [4.69, 9.17) is 12.2 Å². The number of nitrogens with one attached hydrogen (secondary N) is 3. The van der Waals surface area contributed by atoms with E-state index >= 15 is 0 Å². The quantitative estimate of drug-likeness (QED) is 0.520. The third-order valence-corrected chi connectivity index (χ3v) is 6.27. The molecular formula is C19H21N5O3S2. The smallest absolute Gasteiger partial charge is 0.244 e. The summed E-state index contributed by atoms with van der Waals surface area (Å²) < 4.78 is 28.5. The first kappa shape index (κ1) is 20.9. The van der Waals surface area contributed by atoms with Crippen molar-refractivity contribution in [3.05, 3.63) is 58.4 Å². The first-order valence-corrected chi connectivity index (χ1v) is 10.7. The van der Waals surface area contributed by atoms with Gasteiger partial charge in [0.15, 0.2) is 10.6 Å². The Labute approximate surface area is 174 Å². The van der Waals surface area contributed by atoms with Crippen LogP contribution in [-0.4, -0.2) is 36.1 Å². The van der Waals surface area contributed by atoms with Crippen LogP contribution in [0.4, 0.5) is 5.69 Å². The van der Waals surface area contributed by atoms with Gasteiger partial charge in [-0.05, 0) is 50.8 Å². The minimum Gasteiger partial charge on any atom is -0.324 e. The molecule has 1 amide bonds. The molecule has 3 rings (SSSR count). The van der Waals surface area contributed by atoms with Gasteiger partial charge in [-0.25, -0.2) is 13.1 Å². The van der Waals surface area contributed by atoms with Gasteiger partial charge >= 0.3 is 0 Å². The van der Waals surface area contributed by atoms with E-state index in [0.29, 0.717) is 21.8 Å². The molecule has 0 bridgehead atoms. The predicted molar refractivity (Wildman–Crippen MR) is 114 cm³/mol. The van der Waals surface area contributed by atoms with Crippen molar-refractivity contribution < 1.29 is 13.2 Å². The maximum atomic E-state index is 12.6. The molecule has 0 aliphatic heterocycles. The molecule has 10 heteroatoms. The lowest BCUT2D eigenvalue weighted by atomic mass is 10.1. The van der Waals surface area contributed by atoms with Crippen LogP contribution in [0.1, 0.15) is 11.1 Å². The predicted octanol–water partition coefficient (Wildman–Crippen LogP) is 2.77. The molecule has 0 spiro atoms. The molecule has 0 atom stereocenters. The number of rotatable bonds is 6. The van der Waals surface area contributed by atoms with Gasteiger partial charge in [0.2, 0.25) is 15.9 Å². The Balaban J connectivity index is 1.84. The Morgan fingerprint density at radius 2 is 1.86 bits per heavy atom. The van der Waals surface area contributed by atoms with E-state index in [1.807, 2.05) is 31.2 Å². The van der Waals surface area contributed by atoms with Gasteiger partial charge < -0.3 is 5.32 Å². The number of carbonyl (C=O) groups excluding carboxylic acids is 1. The first-order chi connectivity index (χ1) is 13.7. The summed E-state index contributed by atoms with van der Waals surface area (Å²) in [5, 5.41) is 9.65. The highest BCUT2D eigenvalue weighted by Gasteiger charge is 2.17. The van der Waals surface area contributed by atoms with Gasteiger partial charge in [-0.15, -0.1) is 0 Å². The van der Waals surface area contributed by atoms with Crippen molar-refractivity contribution in [3.8, 4) is 11.4 Å². The summed E-state index contributed by atoms with van der Waals surface area (Å²) in [6.45, 7) is 3.60.